The summed E-state index contributed by atoms with van der Waals surface area (Å²) >= 11 is 0. The molecule has 0 spiro atoms. The molecule has 1 aliphatic carbocycles. The van der Waals surface area contributed by atoms with E-state index in [1.807, 2.05) is 30.7 Å². The zero-order valence-electron chi connectivity index (χ0n) is 11.8. The average Bonchev–Trinajstić information content (AvgIpc) is 3.03. The Labute approximate surface area is 118 Å². The van der Waals surface area contributed by atoms with Gasteiger partial charge in [0.2, 0.25) is 0 Å². The zero-order chi connectivity index (χ0) is 14.1. The highest BCUT2D eigenvalue weighted by atomic mass is 16.5. The summed E-state index contributed by atoms with van der Waals surface area (Å²) in [6, 6.07) is 6.10. The van der Waals surface area contributed by atoms with Crippen molar-refractivity contribution in [1.82, 2.24) is 9.55 Å². The number of fused-ring (bicyclic) bond motifs is 1. The van der Waals surface area contributed by atoms with Gasteiger partial charge in [0.25, 0.3) is 0 Å². The molecule has 104 valence electrons. The van der Waals surface area contributed by atoms with Crippen LogP contribution in [0.4, 0.5) is 0 Å². The molecule has 0 aliphatic heterocycles. The molecule has 1 aromatic carbocycles. The van der Waals surface area contributed by atoms with E-state index < -0.39 is 0 Å². The number of carbonyl (C=O) groups excluding carboxylic acids is 1. The summed E-state index contributed by atoms with van der Waals surface area (Å²) in [6.07, 6.45) is 5.11. The minimum Gasteiger partial charge on any atom is -0.487 e. The maximum atomic E-state index is 11.6. The van der Waals surface area contributed by atoms with Gasteiger partial charge in [0.1, 0.15) is 12.4 Å². The van der Waals surface area contributed by atoms with Crippen molar-refractivity contribution in [2.24, 2.45) is 0 Å². The van der Waals surface area contributed by atoms with Gasteiger partial charge >= 0.3 is 0 Å². The fourth-order valence-electron chi connectivity index (χ4n) is 2.59. The smallest absolute Gasteiger partial charge is 0.163 e. The van der Waals surface area contributed by atoms with Gasteiger partial charge in [0.05, 0.1) is 18.2 Å². The number of ether oxygens (including phenoxy) is 1. The molecule has 0 N–H and O–H groups in total. The molecule has 3 rings (SSSR count). The number of imidazole rings is 1. The van der Waals surface area contributed by atoms with E-state index in [1.54, 1.807) is 0 Å². The maximum Gasteiger partial charge on any atom is 0.163 e. The number of rotatable bonds is 4. The van der Waals surface area contributed by atoms with Crippen molar-refractivity contribution < 1.29 is 9.53 Å². The summed E-state index contributed by atoms with van der Waals surface area (Å²) in [6.45, 7) is 4.73. The van der Waals surface area contributed by atoms with E-state index in [0.29, 0.717) is 19.1 Å². The van der Waals surface area contributed by atoms with Crippen LogP contribution in [-0.2, 0) is 13.0 Å². The predicted octanol–water partition coefficient (Wildman–Crippen LogP) is 3.17. The van der Waals surface area contributed by atoms with E-state index >= 15 is 0 Å². The maximum absolute atomic E-state index is 11.6. The fraction of sp³-hybridized carbons (Fsp3) is 0.375. The fourth-order valence-corrected chi connectivity index (χ4v) is 2.59. The van der Waals surface area contributed by atoms with Crippen LogP contribution in [0.3, 0.4) is 0 Å². The lowest BCUT2D eigenvalue weighted by Crippen LogP contribution is -2.07. The average molecular weight is 270 g/mol. The van der Waals surface area contributed by atoms with Crippen molar-refractivity contribution in [2.45, 2.75) is 39.3 Å². The number of benzene rings is 1. The van der Waals surface area contributed by atoms with Crippen LogP contribution in [0.25, 0.3) is 0 Å². The van der Waals surface area contributed by atoms with Crippen molar-refractivity contribution in [3.63, 3.8) is 0 Å². The van der Waals surface area contributed by atoms with E-state index in [1.165, 1.54) is 0 Å². The van der Waals surface area contributed by atoms with Gasteiger partial charge in [0, 0.05) is 18.0 Å². The number of hydrogen-bond acceptors (Lipinski definition) is 3. The third-order valence-corrected chi connectivity index (χ3v) is 3.69. The topological polar surface area (TPSA) is 44.1 Å². The minimum atomic E-state index is 0.240. The van der Waals surface area contributed by atoms with Crippen LogP contribution in [0.15, 0.2) is 30.7 Å². The molecule has 20 heavy (non-hydrogen) atoms. The summed E-state index contributed by atoms with van der Waals surface area (Å²) < 4.78 is 7.92. The normalized spacial score (nSPS) is 13.8. The molecule has 1 aromatic heterocycles. The van der Waals surface area contributed by atoms with Crippen LogP contribution < -0.4 is 4.74 Å². The van der Waals surface area contributed by atoms with Crippen molar-refractivity contribution in [3.8, 4) is 5.75 Å². The Morgan fingerprint density at radius 1 is 1.35 bits per heavy atom. The standard InChI is InChI=1S/C16H18N2O2/c1-11(2)18-10-17-8-13(18)9-20-14-4-5-15-12(7-14)3-6-16(15)19/h4-5,7-8,10-11H,3,6,9H2,1-2H3. The molecule has 0 saturated heterocycles. The van der Waals surface area contributed by atoms with Crippen molar-refractivity contribution in [2.75, 3.05) is 0 Å². The van der Waals surface area contributed by atoms with Crippen molar-refractivity contribution >= 4 is 5.78 Å². The number of hydrogen-bond donors (Lipinski definition) is 0. The van der Waals surface area contributed by atoms with E-state index in [2.05, 4.69) is 23.4 Å². The third-order valence-electron chi connectivity index (χ3n) is 3.69. The number of ketones is 1. The van der Waals surface area contributed by atoms with Crippen LogP contribution in [0.1, 0.15) is 47.9 Å². The second-order valence-corrected chi connectivity index (χ2v) is 5.42. The van der Waals surface area contributed by atoms with Crippen molar-refractivity contribution in [1.29, 1.82) is 0 Å². The Balaban J connectivity index is 1.73. The molecule has 1 aliphatic rings. The molecule has 0 saturated carbocycles. The van der Waals surface area contributed by atoms with Gasteiger partial charge in [-0.05, 0) is 44.0 Å². The third kappa shape index (κ3) is 2.33. The highest BCUT2D eigenvalue weighted by Gasteiger charge is 2.19. The van der Waals surface area contributed by atoms with E-state index in [4.69, 9.17) is 4.74 Å². The molecule has 0 unspecified atom stereocenters. The van der Waals surface area contributed by atoms with Gasteiger partial charge in [-0.3, -0.25) is 4.79 Å². The van der Waals surface area contributed by atoms with E-state index in [9.17, 15) is 4.79 Å². The zero-order valence-corrected chi connectivity index (χ0v) is 11.8. The highest BCUT2D eigenvalue weighted by Crippen LogP contribution is 2.26. The summed E-state index contributed by atoms with van der Waals surface area (Å²) in [7, 11) is 0. The molecule has 1 heterocycles. The van der Waals surface area contributed by atoms with Crippen molar-refractivity contribution in [3.05, 3.63) is 47.5 Å². The molecule has 4 nitrogen and oxygen atoms in total. The molecule has 2 aromatic rings. The lowest BCUT2D eigenvalue weighted by Gasteiger charge is -2.13. The number of Topliss-reactive ketones (excluding diaryl/α,β-unsaturated/α-hetero) is 1. The Bertz CT molecular complexity index is 644. The first-order chi connectivity index (χ1) is 9.65. The molecular weight excluding hydrogens is 252 g/mol. The van der Waals surface area contributed by atoms with Gasteiger partial charge in [-0.25, -0.2) is 4.98 Å². The minimum absolute atomic E-state index is 0.240. The van der Waals surface area contributed by atoms with Gasteiger partial charge in [0.15, 0.2) is 5.78 Å². The van der Waals surface area contributed by atoms with Gasteiger partial charge in [-0.1, -0.05) is 0 Å². The summed E-state index contributed by atoms with van der Waals surface area (Å²) in [5.74, 6) is 1.05. The largest absolute Gasteiger partial charge is 0.487 e. The molecule has 0 bridgehead atoms. The Morgan fingerprint density at radius 2 is 2.20 bits per heavy atom. The van der Waals surface area contributed by atoms with Crippen LogP contribution in [0.5, 0.6) is 5.75 Å². The number of nitrogens with zero attached hydrogens (tertiary/aromatic N) is 2. The van der Waals surface area contributed by atoms with Crippen LogP contribution in [0.2, 0.25) is 0 Å². The summed E-state index contributed by atoms with van der Waals surface area (Å²) in [4.78, 5) is 15.8. The Hall–Kier alpha value is -2.10. The predicted molar refractivity (Wildman–Crippen MR) is 76.0 cm³/mol. The highest BCUT2D eigenvalue weighted by molar-refractivity contribution is 6.00. The Kier molecular flexibility index (Phi) is 3.30. The quantitative estimate of drug-likeness (QED) is 0.857. The molecule has 0 amide bonds. The Morgan fingerprint density at radius 3 is 3.00 bits per heavy atom. The molecule has 0 fully saturated rings. The first-order valence-electron chi connectivity index (χ1n) is 6.95. The second-order valence-electron chi connectivity index (χ2n) is 5.42. The number of aromatic nitrogens is 2. The van der Waals surface area contributed by atoms with E-state index in [0.717, 1.165) is 29.0 Å². The molecule has 0 radical (unpaired) electrons. The summed E-state index contributed by atoms with van der Waals surface area (Å²) in [5.41, 5.74) is 3.01. The molecule has 0 atom stereocenters. The van der Waals surface area contributed by atoms with E-state index in [-0.39, 0.29) is 5.78 Å². The first-order valence-corrected chi connectivity index (χ1v) is 6.95. The van der Waals surface area contributed by atoms with Gasteiger partial charge in [-0.2, -0.15) is 0 Å². The van der Waals surface area contributed by atoms with Crippen LogP contribution in [0, 0.1) is 0 Å². The number of aryl methyl sites for hydroxylation is 1. The van der Waals surface area contributed by atoms with Gasteiger partial charge < -0.3 is 9.30 Å². The number of carbonyl (C=O) groups is 1. The molecule has 4 heteroatoms. The first kappa shape index (κ1) is 12.9. The lowest BCUT2D eigenvalue weighted by atomic mass is 10.1. The monoisotopic (exact) mass is 270 g/mol. The van der Waals surface area contributed by atoms with Crippen LogP contribution in [-0.4, -0.2) is 15.3 Å². The second kappa shape index (κ2) is 5.12. The molecular formula is C16H18N2O2. The lowest BCUT2D eigenvalue weighted by molar-refractivity contribution is 0.0994. The van der Waals surface area contributed by atoms with Gasteiger partial charge in [-0.15, -0.1) is 0 Å². The summed E-state index contributed by atoms with van der Waals surface area (Å²) in [5, 5.41) is 0. The van der Waals surface area contributed by atoms with Crippen LogP contribution >= 0.6 is 0 Å². The SMILES string of the molecule is CC(C)n1cncc1COc1ccc2c(c1)CCC2=O.